The highest BCUT2D eigenvalue weighted by atomic mass is 32.1. The molecule has 0 aliphatic carbocycles. The number of benzene rings is 5. The molecule has 228 valence electrons. The smallest absolute Gasteiger partial charge is 0.126 e. The van der Waals surface area contributed by atoms with Crippen molar-refractivity contribution >= 4 is 44.2 Å². The van der Waals surface area contributed by atoms with Crippen LogP contribution in [0.2, 0.25) is 0 Å². The van der Waals surface area contributed by atoms with Crippen molar-refractivity contribution in [2.45, 2.75) is 78.6 Å². The van der Waals surface area contributed by atoms with E-state index in [1.807, 2.05) is 6.21 Å². The maximum absolute atomic E-state index is 5.38. The Hall–Kier alpha value is -4.08. The molecule has 0 atom stereocenters. The second kappa shape index (κ2) is 11.4. The lowest BCUT2D eigenvalue weighted by Crippen LogP contribution is -2.16. The molecule has 0 saturated carbocycles. The highest BCUT2D eigenvalue weighted by molar-refractivity contribution is 7.21. The van der Waals surface area contributed by atoms with Crippen LogP contribution < -0.4 is 0 Å². The minimum Gasteiger partial charge on any atom is -0.256 e. The molecule has 0 fully saturated rings. The van der Waals surface area contributed by atoms with E-state index in [9.17, 15) is 0 Å². The number of para-hydroxylation sites is 1. The van der Waals surface area contributed by atoms with Crippen LogP contribution in [0.25, 0.3) is 42.7 Å². The van der Waals surface area contributed by atoms with Crippen molar-refractivity contribution in [3.8, 4) is 21.7 Å². The van der Waals surface area contributed by atoms with Crippen molar-refractivity contribution in [2.75, 3.05) is 0 Å². The minimum atomic E-state index is 0.00223. The van der Waals surface area contributed by atoms with Gasteiger partial charge >= 0.3 is 0 Å². The number of aromatic nitrogens is 1. The summed E-state index contributed by atoms with van der Waals surface area (Å²) in [7, 11) is 0. The average Bonchev–Trinajstić information content (AvgIpc) is 3.42. The molecule has 1 heterocycles. The molecule has 45 heavy (non-hydrogen) atoms. The number of nitrogens with zero attached hydrogens (tertiary/aromatic N) is 2. The van der Waals surface area contributed by atoms with Gasteiger partial charge in [0.2, 0.25) is 0 Å². The van der Waals surface area contributed by atoms with Crippen LogP contribution in [-0.4, -0.2) is 11.2 Å². The third-order valence-corrected chi connectivity index (χ3v) is 9.67. The van der Waals surface area contributed by atoms with Gasteiger partial charge in [-0.3, -0.25) is 4.99 Å². The van der Waals surface area contributed by atoms with Gasteiger partial charge in [0.25, 0.3) is 0 Å². The van der Waals surface area contributed by atoms with Crippen molar-refractivity contribution in [2.24, 2.45) is 4.99 Å². The van der Waals surface area contributed by atoms with Crippen LogP contribution in [0, 0.1) is 0 Å². The Kier molecular flexibility index (Phi) is 7.82. The van der Waals surface area contributed by atoms with Crippen molar-refractivity contribution in [1.82, 2.24) is 4.98 Å². The molecule has 0 bridgehead atoms. The van der Waals surface area contributed by atoms with E-state index >= 15 is 0 Å². The summed E-state index contributed by atoms with van der Waals surface area (Å²) in [5.41, 5.74) is 10.7. The van der Waals surface area contributed by atoms with E-state index in [4.69, 9.17) is 9.98 Å². The van der Waals surface area contributed by atoms with E-state index in [2.05, 4.69) is 159 Å². The summed E-state index contributed by atoms with van der Waals surface area (Å²) in [5, 5.41) is 3.41. The molecule has 0 radical (unpaired) electrons. The molecule has 0 N–H and O–H groups in total. The Bertz CT molecular complexity index is 2020. The first-order chi connectivity index (χ1) is 21.2. The van der Waals surface area contributed by atoms with Crippen LogP contribution in [0.5, 0.6) is 0 Å². The van der Waals surface area contributed by atoms with Gasteiger partial charge in [-0.25, -0.2) is 4.98 Å². The highest BCUT2D eigenvalue weighted by Gasteiger charge is 2.24. The molecule has 6 aromatic rings. The molecular formula is C42H44N2S. The maximum atomic E-state index is 5.38. The number of fused-ring (bicyclic) bond motifs is 2. The van der Waals surface area contributed by atoms with Crippen LogP contribution in [-0.2, 0) is 16.2 Å². The van der Waals surface area contributed by atoms with E-state index in [1.165, 1.54) is 43.3 Å². The maximum Gasteiger partial charge on any atom is 0.126 e. The van der Waals surface area contributed by atoms with Gasteiger partial charge in [0.15, 0.2) is 0 Å². The van der Waals surface area contributed by atoms with E-state index in [0.717, 1.165) is 27.3 Å². The van der Waals surface area contributed by atoms with Crippen LogP contribution >= 0.6 is 11.3 Å². The summed E-state index contributed by atoms with van der Waals surface area (Å²) >= 11 is 1.76. The van der Waals surface area contributed by atoms with E-state index in [1.54, 1.807) is 11.3 Å². The molecule has 0 unspecified atom stereocenters. The lowest BCUT2D eigenvalue weighted by molar-refractivity contribution is 0.569. The van der Waals surface area contributed by atoms with Crippen LogP contribution in [0.1, 0.15) is 84.6 Å². The fourth-order valence-electron chi connectivity index (χ4n) is 5.72. The molecule has 5 aromatic carbocycles. The van der Waals surface area contributed by atoms with E-state index in [0.29, 0.717) is 0 Å². The molecule has 3 heteroatoms. The number of hydrogen-bond donors (Lipinski definition) is 0. The second-order valence-electron chi connectivity index (χ2n) is 15.3. The predicted molar refractivity (Wildman–Crippen MR) is 198 cm³/mol. The lowest BCUT2D eigenvalue weighted by Gasteiger charge is -2.27. The van der Waals surface area contributed by atoms with Crippen molar-refractivity contribution in [1.29, 1.82) is 0 Å². The molecule has 2 nitrogen and oxygen atoms in total. The van der Waals surface area contributed by atoms with Crippen LogP contribution in [0.4, 0.5) is 5.69 Å². The summed E-state index contributed by atoms with van der Waals surface area (Å²) in [4.78, 5) is 10.4. The Labute approximate surface area is 272 Å². The largest absolute Gasteiger partial charge is 0.256 e. The number of rotatable bonds is 4. The van der Waals surface area contributed by atoms with Gasteiger partial charge in [-0.05, 0) is 73.5 Å². The van der Waals surface area contributed by atoms with Gasteiger partial charge in [-0.15, -0.1) is 11.3 Å². The normalized spacial score (nSPS) is 12.9. The zero-order valence-corrected chi connectivity index (χ0v) is 28.9. The highest BCUT2D eigenvalue weighted by Crippen LogP contribution is 2.43. The fraction of sp³-hybridized carbons (Fsp3) is 0.286. The quantitative estimate of drug-likeness (QED) is 0.183. The molecule has 0 saturated heterocycles. The number of thiazole rings is 1. The average molecular weight is 609 g/mol. The first kappa shape index (κ1) is 30.9. The summed E-state index contributed by atoms with van der Waals surface area (Å²) in [6.45, 7) is 20.7. The Morgan fingerprint density at radius 2 is 1.20 bits per heavy atom. The zero-order chi connectivity index (χ0) is 32.1. The summed E-state index contributed by atoms with van der Waals surface area (Å²) in [5.74, 6) is 0. The van der Waals surface area contributed by atoms with Crippen LogP contribution in [0.3, 0.4) is 0 Å². The fourth-order valence-corrected chi connectivity index (χ4v) is 6.78. The number of aliphatic imine (C=N–C) groups is 1. The Balaban J connectivity index is 1.53. The van der Waals surface area contributed by atoms with Gasteiger partial charge in [-0.1, -0.05) is 135 Å². The second-order valence-corrected chi connectivity index (χ2v) is 16.3. The molecule has 0 amide bonds. The van der Waals surface area contributed by atoms with Gasteiger partial charge in [0.1, 0.15) is 5.01 Å². The minimum absolute atomic E-state index is 0.00223. The molecule has 0 aliphatic rings. The Morgan fingerprint density at radius 3 is 1.89 bits per heavy atom. The standard InChI is InChI=1S/C42H44N2S/c1-40(2,3)30-21-29(22-31(23-30)41(4,5)6)35-24-32(42(7,8)9)25-37-38(35)44-39(45-37)34-19-12-13-20-36(34)43-26-28-17-14-16-27-15-10-11-18-33(27)28/h10-26H,1-9H3. The van der Waals surface area contributed by atoms with Crippen molar-refractivity contribution < 1.29 is 0 Å². The predicted octanol–water partition coefficient (Wildman–Crippen LogP) is 12.4. The van der Waals surface area contributed by atoms with Gasteiger partial charge in [0, 0.05) is 22.9 Å². The van der Waals surface area contributed by atoms with Crippen molar-refractivity contribution in [3.05, 3.63) is 119 Å². The summed E-state index contributed by atoms with van der Waals surface area (Å²) in [6, 6.07) is 35.1. The molecule has 6 rings (SSSR count). The first-order valence-electron chi connectivity index (χ1n) is 15.9. The SMILES string of the molecule is CC(C)(C)c1cc(-c2cc(C(C)(C)C)cc3sc(-c4ccccc4N=Cc4cccc5ccccc45)nc23)cc(C(C)(C)C)c1. The first-order valence-corrected chi connectivity index (χ1v) is 16.7. The lowest BCUT2D eigenvalue weighted by atomic mass is 9.78. The third kappa shape index (κ3) is 6.37. The van der Waals surface area contributed by atoms with E-state index in [-0.39, 0.29) is 16.2 Å². The van der Waals surface area contributed by atoms with Crippen LogP contribution in [0.15, 0.2) is 102 Å². The summed E-state index contributed by atoms with van der Waals surface area (Å²) in [6.07, 6.45) is 1.99. The van der Waals surface area contributed by atoms with Gasteiger partial charge < -0.3 is 0 Å². The summed E-state index contributed by atoms with van der Waals surface area (Å²) < 4.78 is 1.21. The van der Waals surface area contributed by atoms with Gasteiger partial charge in [0.05, 0.1) is 15.9 Å². The van der Waals surface area contributed by atoms with Crippen molar-refractivity contribution in [3.63, 3.8) is 0 Å². The molecular weight excluding hydrogens is 565 g/mol. The topological polar surface area (TPSA) is 25.2 Å². The monoisotopic (exact) mass is 608 g/mol. The van der Waals surface area contributed by atoms with E-state index < -0.39 is 0 Å². The van der Waals surface area contributed by atoms with Gasteiger partial charge in [-0.2, -0.15) is 0 Å². The zero-order valence-electron chi connectivity index (χ0n) is 28.1. The third-order valence-electron chi connectivity index (χ3n) is 8.64. The Morgan fingerprint density at radius 1 is 0.600 bits per heavy atom. The molecule has 0 spiro atoms. The molecule has 1 aromatic heterocycles. The molecule has 0 aliphatic heterocycles. The number of hydrogen-bond acceptors (Lipinski definition) is 3.